The number of rotatable bonds is 4. The number of halogens is 3. The summed E-state index contributed by atoms with van der Waals surface area (Å²) in [5.41, 5.74) is -0.0671. The lowest BCUT2D eigenvalue weighted by molar-refractivity contribution is -0.141. The fourth-order valence-electron chi connectivity index (χ4n) is 3.02. The van der Waals surface area contributed by atoms with Gasteiger partial charge in [0.1, 0.15) is 34.6 Å². The van der Waals surface area contributed by atoms with E-state index >= 15 is 0 Å². The van der Waals surface area contributed by atoms with E-state index in [2.05, 4.69) is 15.3 Å². The maximum absolute atomic E-state index is 12.9. The molecule has 1 amide bonds. The second-order valence-electron chi connectivity index (χ2n) is 6.48. The molecule has 1 saturated heterocycles. The highest BCUT2D eigenvalue weighted by molar-refractivity contribution is 6.03. The first kappa shape index (κ1) is 20.1. The van der Waals surface area contributed by atoms with Gasteiger partial charge < -0.3 is 23.9 Å². The number of hydrogen-bond donors (Lipinski definition) is 1. The van der Waals surface area contributed by atoms with E-state index < -0.39 is 17.8 Å². The van der Waals surface area contributed by atoms with Gasteiger partial charge >= 0.3 is 6.18 Å². The number of amides is 1. The quantitative estimate of drug-likeness (QED) is 0.695. The molecule has 8 nitrogen and oxygen atoms in total. The Labute approximate surface area is 168 Å². The van der Waals surface area contributed by atoms with Gasteiger partial charge in [-0.05, 0) is 12.1 Å². The Morgan fingerprint density at radius 2 is 2.10 bits per heavy atom. The van der Waals surface area contributed by atoms with Gasteiger partial charge in [0.25, 0.3) is 5.91 Å². The van der Waals surface area contributed by atoms with Gasteiger partial charge in [0.05, 0.1) is 32.6 Å². The number of hydrogen-bond acceptors (Lipinski definition) is 6. The third kappa shape index (κ3) is 4.07. The highest BCUT2D eigenvalue weighted by Crippen LogP contribution is 2.30. The van der Waals surface area contributed by atoms with Gasteiger partial charge in [0.2, 0.25) is 0 Å². The van der Waals surface area contributed by atoms with Crippen LogP contribution in [0.4, 0.5) is 18.9 Å². The summed E-state index contributed by atoms with van der Waals surface area (Å²) in [6.07, 6.45) is -1.67. The van der Waals surface area contributed by atoms with Gasteiger partial charge in [-0.2, -0.15) is 13.2 Å². The molecular weight excluding hydrogens is 405 g/mol. The average Bonchev–Trinajstić information content (AvgIpc) is 3.16. The van der Waals surface area contributed by atoms with Crippen molar-refractivity contribution in [1.82, 2.24) is 14.4 Å². The van der Waals surface area contributed by atoms with Crippen molar-refractivity contribution in [3.8, 4) is 5.75 Å². The van der Waals surface area contributed by atoms with E-state index in [1.807, 2.05) is 0 Å². The zero-order chi connectivity index (χ0) is 21.3. The van der Waals surface area contributed by atoms with Gasteiger partial charge in [0, 0.05) is 18.5 Å². The molecule has 1 N–H and O–H groups in total. The number of pyridine rings is 2. The molecule has 0 bridgehead atoms. The molecule has 0 saturated carbocycles. The van der Waals surface area contributed by atoms with E-state index in [1.165, 1.54) is 13.2 Å². The Kier molecular flexibility index (Phi) is 5.31. The summed E-state index contributed by atoms with van der Waals surface area (Å²) in [6, 6.07) is 4.72. The third-order valence-corrected chi connectivity index (χ3v) is 4.46. The smallest absolute Gasteiger partial charge is 0.433 e. The minimum Gasteiger partial charge on any atom is -0.494 e. The molecule has 4 rings (SSSR count). The van der Waals surface area contributed by atoms with Crippen LogP contribution < -0.4 is 10.1 Å². The molecule has 158 valence electrons. The molecule has 3 aromatic rings. The van der Waals surface area contributed by atoms with E-state index in [0.29, 0.717) is 36.9 Å². The molecule has 4 heterocycles. The lowest BCUT2D eigenvalue weighted by Gasteiger charge is -2.20. The molecule has 3 aromatic heterocycles. The van der Waals surface area contributed by atoms with Crippen molar-refractivity contribution in [2.45, 2.75) is 12.3 Å². The number of nitrogens with one attached hydrogen (secondary N) is 1. The predicted octanol–water partition coefficient (Wildman–Crippen LogP) is 3.10. The number of anilines is 1. The zero-order valence-electron chi connectivity index (χ0n) is 15.8. The van der Waals surface area contributed by atoms with Crippen molar-refractivity contribution in [3.05, 3.63) is 53.7 Å². The topological polar surface area (TPSA) is 87.0 Å². The van der Waals surface area contributed by atoms with Crippen LogP contribution in [-0.4, -0.2) is 47.2 Å². The third-order valence-electron chi connectivity index (χ3n) is 4.46. The zero-order valence-corrected chi connectivity index (χ0v) is 15.8. The van der Waals surface area contributed by atoms with E-state index in [4.69, 9.17) is 14.2 Å². The second kappa shape index (κ2) is 7.92. The summed E-state index contributed by atoms with van der Waals surface area (Å²) in [7, 11) is 1.41. The number of carbonyl (C=O) groups excluding carboxylic acids is 1. The van der Waals surface area contributed by atoms with Crippen LogP contribution in [0, 0.1) is 0 Å². The number of carbonyl (C=O) groups is 1. The first-order chi connectivity index (χ1) is 14.3. The molecular formula is C19H17F3N4O4. The summed E-state index contributed by atoms with van der Waals surface area (Å²) in [5, 5.41) is 2.54. The molecule has 11 heteroatoms. The summed E-state index contributed by atoms with van der Waals surface area (Å²) in [6.45, 7) is 1.37. The number of nitrogens with zero attached hydrogens (tertiary/aromatic N) is 3. The summed E-state index contributed by atoms with van der Waals surface area (Å²) >= 11 is 0. The summed E-state index contributed by atoms with van der Waals surface area (Å²) < 4.78 is 56.6. The number of alkyl halides is 3. The Morgan fingerprint density at radius 1 is 1.27 bits per heavy atom. The first-order valence-electron chi connectivity index (χ1n) is 8.97. The molecule has 1 fully saturated rings. The van der Waals surface area contributed by atoms with Crippen molar-refractivity contribution in [2.75, 3.05) is 32.2 Å². The minimum atomic E-state index is -4.65. The molecule has 30 heavy (non-hydrogen) atoms. The Morgan fingerprint density at radius 3 is 2.80 bits per heavy atom. The standard InChI is InChI=1S/C19H17F3N4O4/c1-28-14-7-17-24-13(15-10-29-5-6-30-15)9-26(17)8-12(14)25-18(27)11-3-2-4-16(23-11)19(20,21)22/h2-4,7-9,15H,5-6,10H2,1H3,(H,25,27). The monoisotopic (exact) mass is 422 g/mol. The van der Waals surface area contributed by atoms with Gasteiger partial charge in [-0.25, -0.2) is 9.97 Å². The fourth-order valence-corrected chi connectivity index (χ4v) is 3.02. The number of methoxy groups -OCH3 is 1. The molecule has 1 unspecified atom stereocenters. The highest BCUT2D eigenvalue weighted by atomic mass is 19.4. The van der Waals surface area contributed by atoms with Gasteiger partial charge in [-0.1, -0.05) is 6.07 Å². The van der Waals surface area contributed by atoms with Crippen LogP contribution in [-0.2, 0) is 15.7 Å². The Hall–Kier alpha value is -3.18. The minimum absolute atomic E-state index is 0.249. The summed E-state index contributed by atoms with van der Waals surface area (Å²) in [4.78, 5) is 20.4. The van der Waals surface area contributed by atoms with Gasteiger partial charge in [0.15, 0.2) is 0 Å². The first-order valence-corrected chi connectivity index (χ1v) is 8.97. The normalized spacial score (nSPS) is 17.1. The van der Waals surface area contributed by atoms with E-state index in [0.717, 1.165) is 12.1 Å². The van der Waals surface area contributed by atoms with Crippen LogP contribution in [0.3, 0.4) is 0 Å². The average molecular weight is 422 g/mol. The van der Waals surface area contributed by atoms with Gasteiger partial charge in [-0.3, -0.25) is 4.79 Å². The van der Waals surface area contributed by atoms with Crippen LogP contribution >= 0.6 is 0 Å². The van der Waals surface area contributed by atoms with Crippen LogP contribution in [0.25, 0.3) is 5.65 Å². The van der Waals surface area contributed by atoms with Crippen LogP contribution in [0.2, 0.25) is 0 Å². The predicted molar refractivity (Wildman–Crippen MR) is 98.4 cm³/mol. The molecule has 1 atom stereocenters. The van der Waals surface area contributed by atoms with Gasteiger partial charge in [-0.15, -0.1) is 0 Å². The molecule has 0 radical (unpaired) electrons. The maximum atomic E-state index is 12.9. The van der Waals surface area contributed by atoms with Crippen molar-refractivity contribution in [2.24, 2.45) is 0 Å². The van der Waals surface area contributed by atoms with Crippen molar-refractivity contribution < 1.29 is 32.2 Å². The molecule has 0 aromatic carbocycles. The molecule has 0 aliphatic carbocycles. The SMILES string of the molecule is COc1cc2nc(C3COCCO3)cn2cc1NC(=O)c1cccc(C(F)(F)F)n1. The van der Waals surface area contributed by atoms with Crippen LogP contribution in [0.5, 0.6) is 5.75 Å². The van der Waals surface area contributed by atoms with Crippen LogP contribution in [0.15, 0.2) is 36.7 Å². The second-order valence-corrected chi connectivity index (χ2v) is 6.48. The van der Waals surface area contributed by atoms with Crippen molar-refractivity contribution in [3.63, 3.8) is 0 Å². The summed E-state index contributed by atoms with van der Waals surface area (Å²) in [5.74, 6) is -0.510. The number of aromatic nitrogens is 3. The highest BCUT2D eigenvalue weighted by Gasteiger charge is 2.33. The lowest BCUT2D eigenvalue weighted by Crippen LogP contribution is -2.22. The molecule has 1 aliphatic rings. The van der Waals surface area contributed by atoms with E-state index in [1.54, 1.807) is 22.9 Å². The largest absolute Gasteiger partial charge is 0.494 e. The number of imidazole rings is 1. The van der Waals surface area contributed by atoms with Crippen LogP contribution in [0.1, 0.15) is 28.0 Å². The lowest BCUT2D eigenvalue weighted by atomic mass is 10.2. The number of fused-ring (bicyclic) bond motifs is 1. The van der Waals surface area contributed by atoms with E-state index in [9.17, 15) is 18.0 Å². The van der Waals surface area contributed by atoms with Crippen molar-refractivity contribution >= 4 is 17.2 Å². The van der Waals surface area contributed by atoms with E-state index in [-0.39, 0.29) is 17.5 Å². The molecule has 0 spiro atoms. The Bertz CT molecular complexity index is 1080. The van der Waals surface area contributed by atoms with Crippen molar-refractivity contribution in [1.29, 1.82) is 0 Å². The number of ether oxygens (including phenoxy) is 3. The maximum Gasteiger partial charge on any atom is 0.433 e. The Balaban J connectivity index is 1.62. The molecule has 1 aliphatic heterocycles. The fraction of sp³-hybridized carbons (Fsp3) is 0.316.